The number of aromatic nitrogens is 4. The number of anilines is 4. The van der Waals surface area contributed by atoms with Crippen LogP contribution in [-0.2, 0) is 7.05 Å². The Morgan fingerprint density at radius 2 is 2.00 bits per heavy atom. The highest BCUT2D eigenvalue weighted by Gasteiger charge is 2.26. The van der Waals surface area contributed by atoms with E-state index in [1.165, 1.54) is 12.1 Å². The Hall–Kier alpha value is -3.92. The van der Waals surface area contributed by atoms with Gasteiger partial charge in [0, 0.05) is 44.5 Å². The zero-order valence-corrected chi connectivity index (χ0v) is 20.3. The lowest BCUT2D eigenvalue weighted by Gasteiger charge is -2.24. The van der Waals surface area contributed by atoms with E-state index in [0.717, 1.165) is 30.7 Å². The van der Waals surface area contributed by atoms with Gasteiger partial charge in [-0.2, -0.15) is 0 Å². The summed E-state index contributed by atoms with van der Waals surface area (Å²) in [5.74, 6) is 1.31. The predicted molar refractivity (Wildman–Crippen MR) is 137 cm³/mol. The van der Waals surface area contributed by atoms with Crippen LogP contribution in [0.15, 0.2) is 42.6 Å². The number of imidazole rings is 1. The standard InChI is InChI=1S/C25H29FN8O/c1-32(2)16-8-10-34(14-16)22-13-23(35-4)20(12-17(22)27)31-25-28-9-7-18(30-25)24-29-19-11-15(26)5-6-21(19)33(24)3/h5-7,9,11-13,16H,8,10,14,27H2,1-4H3,(H,28,30,31)/t16-/m0/s1. The van der Waals surface area contributed by atoms with Gasteiger partial charge in [-0.1, -0.05) is 0 Å². The van der Waals surface area contributed by atoms with Gasteiger partial charge in [0.2, 0.25) is 5.95 Å². The Balaban J connectivity index is 1.44. The minimum Gasteiger partial charge on any atom is -0.494 e. The molecule has 10 heteroatoms. The molecule has 0 radical (unpaired) electrons. The SMILES string of the molecule is COc1cc(N2CC[C@H](N(C)C)C2)c(N)cc1Nc1nccc(-c2nc3cc(F)ccc3n2C)n1. The molecule has 9 nitrogen and oxygen atoms in total. The molecular weight excluding hydrogens is 447 g/mol. The molecule has 0 bridgehead atoms. The molecule has 2 aromatic carbocycles. The molecule has 0 amide bonds. The molecule has 0 unspecified atom stereocenters. The van der Waals surface area contributed by atoms with Crippen molar-refractivity contribution in [2.24, 2.45) is 7.05 Å². The minimum atomic E-state index is -0.327. The van der Waals surface area contributed by atoms with Crippen LogP contribution >= 0.6 is 0 Å². The van der Waals surface area contributed by atoms with Gasteiger partial charge in [0.15, 0.2) is 5.82 Å². The lowest BCUT2D eigenvalue weighted by atomic mass is 10.2. The van der Waals surface area contributed by atoms with Gasteiger partial charge in [-0.05, 0) is 44.8 Å². The highest BCUT2D eigenvalue weighted by Crippen LogP contribution is 2.38. The van der Waals surface area contributed by atoms with E-state index in [1.807, 2.05) is 23.7 Å². The molecule has 35 heavy (non-hydrogen) atoms. The molecule has 1 aliphatic rings. The van der Waals surface area contributed by atoms with E-state index in [4.69, 9.17) is 10.5 Å². The summed E-state index contributed by atoms with van der Waals surface area (Å²) in [4.78, 5) is 18.1. The van der Waals surface area contributed by atoms with Crippen molar-refractivity contribution in [3.63, 3.8) is 0 Å². The number of hydrogen-bond acceptors (Lipinski definition) is 8. The monoisotopic (exact) mass is 476 g/mol. The van der Waals surface area contributed by atoms with E-state index in [9.17, 15) is 4.39 Å². The van der Waals surface area contributed by atoms with Gasteiger partial charge in [0.25, 0.3) is 0 Å². The van der Waals surface area contributed by atoms with Crippen LogP contribution in [0.2, 0.25) is 0 Å². The Morgan fingerprint density at radius 3 is 2.74 bits per heavy atom. The molecule has 5 rings (SSSR count). The maximum atomic E-state index is 13.7. The van der Waals surface area contributed by atoms with Crippen LogP contribution in [0.25, 0.3) is 22.6 Å². The molecule has 2 aromatic heterocycles. The van der Waals surface area contributed by atoms with Gasteiger partial charge < -0.3 is 30.2 Å². The molecule has 0 saturated carbocycles. The van der Waals surface area contributed by atoms with Gasteiger partial charge >= 0.3 is 0 Å². The number of halogens is 1. The molecule has 1 fully saturated rings. The van der Waals surface area contributed by atoms with Crippen LogP contribution in [0.4, 0.5) is 27.4 Å². The first-order valence-electron chi connectivity index (χ1n) is 11.5. The molecule has 0 spiro atoms. The number of benzene rings is 2. The lowest BCUT2D eigenvalue weighted by molar-refractivity contribution is 0.315. The largest absolute Gasteiger partial charge is 0.494 e. The molecule has 1 saturated heterocycles. The number of nitrogens with one attached hydrogen (secondary N) is 1. The summed E-state index contributed by atoms with van der Waals surface area (Å²) in [6, 6.07) is 10.6. The topological polar surface area (TPSA) is 97.4 Å². The van der Waals surface area contributed by atoms with Crippen LogP contribution in [0.3, 0.4) is 0 Å². The van der Waals surface area contributed by atoms with Crippen molar-refractivity contribution in [3.8, 4) is 17.3 Å². The number of aryl methyl sites for hydroxylation is 1. The number of fused-ring (bicyclic) bond motifs is 1. The van der Waals surface area contributed by atoms with Gasteiger partial charge in [0.1, 0.15) is 17.3 Å². The molecule has 1 atom stereocenters. The van der Waals surface area contributed by atoms with E-state index in [0.29, 0.717) is 46.1 Å². The Bertz CT molecular complexity index is 1390. The molecule has 182 valence electrons. The first-order chi connectivity index (χ1) is 16.8. The Morgan fingerprint density at radius 1 is 1.17 bits per heavy atom. The normalized spacial score (nSPS) is 15.8. The van der Waals surface area contributed by atoms with E-state index in [1.54, 1.807) is 25.4 Å². The summed E-state index contributed by atoms with van der Waals surface area (Å²) in [7, 11) is 7.71. The summed E-state index contributed by atoms with van der Waals surface area (Å²) >= 11 is 0. The van der Waals surface area contributed by atoms with Crippen LogP contribution in [0, 0.1) is 5.82 Å². The predicted octanol–water partition coefficient (Wildman–Crippen LogP) is 3.64. The number of likely N-dealkylation sites (N-methyl/N-ethyl adjacent to an activating group) is 1. The van der Waals surface area contributed by atoms with Gasteiger partial charge in [0.05, 0.1) is 35.2 Å². The number of nitrogens with zero attached hydrogens (tertiary/aromatic N) is 6. The fourth-order valence-electron chi connectivity index (χ4n) is 4.57. The molecule has 1 aliphatic heterocycles. The van der Waals surface area contributed by atoms with Crippen molar-refractivity contribution in [1.29, 1.82) is 0 Å². The maximum Gasteiger partial charge on any atom is 0.227 e. The van der Waals surface area contributed by atoms with E-state index < -0.39 is 0 Å². The summed E-state index contributed by atoms with van der Waals surface area (Å²) in [6.07, 6.45) is 2.74. The summed E-state index contributed by atoms with van der Waals surface area (Å²) < 4.78 is 21.2. The average molecular weight is 477 g/mol. The van der Waals surface area contributed by atoms with Gasteiger partial charge in [-0.15, -0.1) is 0 Å². The van der Waals surface area contributed by atoms with Crippen molar-refractivity contribution in [1.82, 2.24) is 24.4 Å². The third kappa shape index (κ3) is 4.32. The number of nitrogen functional groups attached to an aromatic ring is 1. The Kier molecular flexibility index (Phi) is 5.89. The minimum absolute atomic E-state index is 0.327. The Labute approximate surface area is 203 Å². The highest BCUT2D eigenvalue weighted by atomic mass is 19.1. The molecule has 3 N–H and O–H groups in total. The first kappa shape index (κ1) is 22.9. The summed E-state index contributed by atoms with van der Waals surface area (Å²) in [5.41, 5.74) is 10.7. The average Bonchev–Trinajstić information content (AvgIpc) is 3.45. The van der Waals surface area contributed by atoms with E-state index in [-0.39, 0.29) is 5.82 Å². The number of nitrogens with two attached hydrogens (primary N) is 1. The second kappa shape index (κ2) is 9.03. The van der Waals surface area contributed by atoms with Crippen molar-refractivity contribution >= 4 is 34.0 Å². The smallest absolute Gasteiger partial charge is 0.227 e. The number of methoxy groups -OCH3 is 1. The van der Waals surface area contributed by atoms with E-state index >= 15 is 0 Å². The second-order valence-electron chi connectivity index (χ2n) is 8.98. The van der Waals surface area contributed by atoms with Crippen LogP contribution in [0.1, 0.15) is 6.42 Å². The second-order valence-corrected chi connectivity index (χ2v) is 8.98. The third-order valence-electron chi connectivity index (χ3n) is 6.56. The lowest BCUT2D eigenvalue weighted by Crippen LogP contribution is -2.31. The molecule has 3 heterocycles. The van der Waals surface area contributed by atoms with Crippen molar-refractivity contribution < 1.29 is 9.13 Å². The van der Waals surface area contributed by atoms with Crippen molar-refractivity contribution in [2.45, 2.75) is 12.5 Å². The van der Waals surface area contributed by atoms with Crippen molar-refractivity contribution in [2.75, 3.05) is 50.2 Å². The quantitative estimate of drug-likeness (QED) is 0.407. The van der Waals surface area contributed by atoms with Crippen LogP contribution < -0.4 is 20.7 Å². The zero-order valence-electron chi connectivity index (χ0n) is 20.3. The molecule has 0 aliphatic carbocycles. The van der Waals surface area contributed by atoms with Gasteiger partial charge in [-0.25, -0.2) is 19.3 Å². The van der Waals surface area contributed by atoms with Crippen LogP contribution in [0.5, 0.6) is 5.75 Å². The fourth-order valence-corrected chi connectivity index (χ4v) is 4.57. The number of hydrogen-bond donors (Lipinski definition) is 2. The zero-order chi connectivity index (χ0) is 24.7. The van der Waals surface area contributed by atoms with E-state index in [2.05, 4.69) is 44.2 Å². The number of ether oxygens (including phenoxy) is 1. The molecule has 4 aromatic rings. The fraction of sp³-hybridized carbons (Fsp3) is 0.320. The molecular formula is C25H29FN8O. The van der Waals surface area contributed by atoms with Crippen LogP contribution in [-0.4, -0.2) is 64.8 Å². The first-order valence-corrected chi connectivity index (χ1v) is 11.5. The van der Waals surface area contributed by atoms with Crippen molar-refractivity contribution in [3.05, 3.63) is 48.4 Å². The number of rotatable bonds is 6. The van der Waals surface area contributed by atoms with Gasteiger partial charge in [-0.3, -0.25) is 0 Å². The summed E-state index contributed by atoms with van der Waals surface area (Å²) in [6.45, 7) is 1.86. The summed E-state index contributed by atoms with van der Waals surface area (Å²) in [5, 5.41) is 3.23. The third-order valence-corrected chi connectivity index (χ3v) is 6.56. The highest BCUT2D eigenvalue weighted by molar-refractivity contribution is 5.81. The maximum absolute atomic E-state index is 13.7.